The summed E-state index contributed by atoms with van der Waals surface area (Å²) in [4.78, 5) is 192. The first-order valence-electron chi connectivity index (χ1n) is 47.6. The standard InChI is InChI=1S/C102H140N10O24S2/c1-16-66(8)90(85(128-14)60-87(117)111-41-21-25-79(111)92(129-15)68(10)80(113)56-67(9)91(118)70-22-18-17-19-23-70)107(11)98(122)78(63(2)3)59-82(115)89(65(6)7)108(12)102(126)136-61-69-26-32-74(33-27-69)105-95(119)73(24-20-40-104-101(103)125)57-81(114)88(64(4)5)106-86(116)62-134-53-52-132-50-51-133-54-55-135-83-39-34-75(58-84(83)127-13)112-99(123)93(137-76-35-28-71(29-36-76)96(120)109-42-46-130-47-43-109)94(100(112)124)138-77-37-30-72(31-38-77)97(121)110-44-48-131-49-45-110/h17-19,22-23,26-39,58,63-68,73,78-79,85,88-92,118H,16,20-21,24-25,40-57,59-62H2,1-15H3,(H,105,119)(H,106,116)(H3,103,104,125)/t66?,67-,68-,73+,78-,79-,85+,88-,89-,90-,91+,92+/m0/s1. The van der Waals surface area contributed by atoms with Crippen molar-refractivity contribution in [1.82, 2.24) is 35.1 Å². The molecule has 36 heteroatoms. The maximum Gasteiger partial charge on any atom is 0.410 e. The molecule has 0 radical (unpaired) electrons. The number of amides is 11. The molecule has 0 aromatic heterocycles. The Kier molecular flexibility index (Phi) is 44.5. The molecule has 1 unspecified atom stereocenters. The summed E-state index contributed by atoms with van der Waals surface area (Å²) in [6, 6.07) is 30.4. The van der Waals surface area contributed by atoms with Gasteiger partial charge in [-0.15, -0.1) is 0 Å². The zero-order valence-electron chi connectivity index (χ0n) is 82.2. The maximum absolute atomic E-state index is 15.0. The van der Waals surface area contributed by atoms with Gasteiger partial charge in [0.15, 0.2) is 23.1 Å². The molecular formula is C102H140N10O24S2. The Morgan fingerprint density at radius 1 is 0.601 bits per heavy atom. The number of thioether (sulfide) groups is 2. The van der Waals surface area contributed by atoms with Crippen LogP contribution >= 0.6 is 23.5 Å². The van der Waals surface area contributed by atoms with Crippen LogP contribution in [-0.4, -0.2) is 290 Å². The molecule has 754 valence electrons. The van der Waals surface area contributed by atoms with Crippen molar-refractivity contribution in [1.29, 1.82) is 0 Å². The lowest BCUT2D eigenvalue weighted by atomic mass is 9.83. The monoisotopic (exact) mass is 1950 g/mol. The Labute approximate surface area is 818 Å². The van der Waals surface area contributed by atoms with Gasteiger partial charge in [0.2, 0.25) is 23.6 Å². The minimum atomic E-state index is -1.00. The van der Waals surface area contributed by atoms with Crippen molar-refractivity contribution in [3.8, 4) is 11.5 Å². The second-order valence-corrected chi connectivity index (χ2v) is 38.5. The zero-order valence-corrected chi connectivity index (χ0v) is 83.8. The number of nitrogens with one attached hydrogen (secondary N) is 3. The number of hydrogen-bond acceptors (Lipinski definition) is 26. The topological polar surface area (TPSA) is 416 Å². The molecule has 5 aromatic carbocycles. The molecule has 9 rings (SSSR count). The minimum absolute atomic E-state index is 0.0252. The van der Waals surface area contributed by atoms with E-state index in [0.29, 0.717) is 116 Å². The number of primary amides is 1. The molecule has 3 fully saturated rings. The van der Waals surface area contributed by atoms with E-state index in [0.717, 1.165) is 34.0 Å². The Morgan fingerprint density at radius 3 is 1.70 bits per heavy atom. The van der Waals surface area contributed by atoms with Gasteiger partial charge in [0.1, 0.15) is 25.6 Å². The van der Waals surface area contributed by atoms with Gasteiger partial charge in [-0.3, -0.25) is 52.7 Å². The van der Waals surface area contributed by atoms with Gasteiger partial charge in [0.25, 0.3) is 23.6 Å². The summed E-state index contributed by atoms with van der Waals surface area (Å²) in [5.41, 5.74) is 8.12. The van der Waals surface area contributed by atoms with Crippen molar-refractivity contribution in [2.45, 2.75) is 186 Å². The van der Waals surface area contributed by atoms with Crippen LogP contribution in [-0.2, 0) is 87.7 Å². The highest BCUT2D eigenvalue weighted by atomic mass is 32.2. The van der Waals surface area contributed by atoms with Crippen molar-refractivity contribution in [2.75, 3.05) is 158 Å². The second-order valence-electron chi connectivity index (χ2n) is 36.4. The largest absolute Gasteiger partial charge is 0.493 e. The molecule has 4 heterocycles. The number of aliphatic hydroxyl groups is 1. The van der Waals surface area contributed by atoms with E-state index in [4.69, 9.17) is 53.1 Å². The van der Waals surface area contributed by atoms with Crippen LogP contribution in [0.2, 0.25) is 0 Å². The SMILES string of the molecule is CCC(C)[C@@H]([C@@H](CC(=O)N1CCC[C@H]1[C@H](OC)[C@@H](C)C(=O)C[C@H](C)[C@@H](O)c1ccccc1)OC)N(C)C(=O)[C@@H](CC(=O)[C@H](C(C)C)N(C)C(=O)OCc1ccc(NC(=O)[C@H](CCCNC(N)=O)CC(=O)[C@@H](NC(=O)COCCOCCOCCOc2ccc(N3C(=O)C(Sc4ccc(C(=O)N5CCOCC5)cc4)=C(Sc4ccc(C(=O)N5CCOCC5)cc4)C3=O)cc2OC)C(C)C)cc1)C(C)C. The second kappa shape index (κ2) is 55.4. The van der Waals surface area contributed by atoms with Gasteiger partial charge in [-0.2, -0.15) is 0 Å². The Morgan fingerprint density at radius 2 is 1.17 bits per heavy atom. The number of carbonyl (C=O) groups is 13. The number of morpholine rings is 2. The average Bonchev–Trinajstić information content (AvgIpc) is 1.61. The number of likely N-dealkylation sites (N-methyl/N-ethyl adjacent to an activating group) is 2. The van der Waals surface area contributed by atoms with E-state index in [9.17, 15) is 67.4 Å². The van der Waals surface area contributed by atoms with Gasteiger partial charge in [0.05, 0.1) is 131 Å². The van der Waals surface area contributed by atoms with Crippen LogP contribution in [0.5, 0.6) is 11.5 Å². The van der Waals surface area contributed by atoms with E-state index < -0.39 is 120 Å². The Bertz CT molecular complexity index is 4820. The summed E-state index contributed by atoms with van der Waals surface area (Å²) >= 11 is 2.21. The molecular weight excluding hydrogens is 1810 g/mol. The number of hydrogen-bond donors (Lipinski definition) is 5. The molecule has 4 aliphatic rings. The van der Waals surface area contributed by atoms with Crippen LogP contribution in [0, 0.1) is 47.3 Å². The number of rotatable bonds is 55. The number of benzene rings is 5. The fourth-order valence-corrected chi connectivity index (χ4v) is 19.6. The van der Waals surface area contributed by atoms with Crippen molar-refractivity contribution in [3.05, 3.63) is 153 Å². The molecule has 0 saturated carbocycles. The number of urea groups is 1. The summed E-state index contributed by atoms with van der Waals surface area (Å²) in [6.45, 7) is 22.9. The van der Waals surface area contributed by atoms with Crippen LogP contribution in [0.4, 0.5) is 21.0 Å². The summed E-state index contributed by atoms with van der Waals surface area (Å²) in [7, 11) is 7.65. The predicted molar refractivity (Wildman–Crippen MR) is 521 cm³/mol. The quantitative estimate of drug-likeness (QED) is 0.0178. The zero-order chi connectivity index (χ0) is 100. The van der Waals surface area contributed by atoms with Gasteiger partial charge in [-0.25, -0.2) is 14.5 Å². The number of likely N-dealkylation sites (tertiary alicyclic amines) is 1. The molecule has 6 N–H and O–H groups in total. The highest BCUT2D eigenvalue weighted by Crippen LogP contribution is 2.46. The third kappa shape index (κ3) is 31.4. The number of methoxy groups -OCH3 is 3. The van der Waals surface area contributed by atoms with E-state index in [-0.39, 0.29) is 166 Å². The average molecular weight is 1950 g/mol. The maximum atomic E-state index is 15.0. The lowest BCUT2D eigenvalue weighted by molar-refractivity contribution is -0.149. The molecule has 5 aromatic rings. The lowest BCUT2D eigenvalue weighted by Gasteiger charge is -2.41. The highest BCUT2D eigenvalue weighted by Gasteiger charge is 2.46. The number of nitrogens with zero attached hydrogens (tertiary/aromatic N) is 6. The van der Waals surface area contributed by atoms with Crippen LogP contribution in [0.1, 0.15) is 165 Å². The number of ether oxygens (including phenoxy) is 10. The van der Waals surface area contributed by atoms with Gasteiger partial charge < -0.3 is 98.7 Å². The van der Waals surface area contributed by atoms with E-state index in [1.807, 2.05) is 71.9 Å². The first-order valence-corrected chi connectivity index (χ1v) is 49.2. The lowest BCUT2D eigenvalue weighted by Crippen LogP contribution is -2.54. The summed E-state index contributed by atoms with van der Waals surface area (Å²) in [5, 5.41) is 19.2. The molecule has 4 aliphatic heterocycles. The molecule has 3 saturated heterocycles. The molecule has 0 spiro atoms. The molecule has 138 heavy (non-hydrogen) atoms. The molecule has 0 aliphatic carbocycles. The molecule has 0 bridgehead atoms. The minimum Gasteiger partial charge on any atom is -0.493 e. The number of ketones is 3. The van der Waals surface area contributed by atoms with Crippen LogP contribution in [0.15, 0.2) is 141 Å². The van der Waals surface area contributed by atoms with Gasteiger partial charge >= 0.3 is 12.1 Å². The van der Waals surface area contributed by atoms with Crippen molar-refractivity contribution in [2.24, 2.45) is 53.1 Å². The van der Waals surface area contributed by atoms with E-state index in [1.54, 1.807) is 146 Å². The first kappa shape index (κ1) is 111. The number of nitrogens with two attached hydrogens (primary N) is 1. The van der Waals surface area contributed by atoms with Gasteiger partial charge in [0, 0.05) is 137 Å². The van der Waals surface area contributed by atoms with Gasteiger partial charge in [-0.1, -0.05) is 142 Å². The van der Waals surface area contributed by atoms with E-state index >= 15 is 0 Å². The Hall–Kier alpha value is -10.7. The van der Waals surface area contributed by atoms with Crippen LogP contribution in [0.3, 0.4) is 0 Å². The number of anilines is 2. The van der Waals surface area contributed by atoms with Crippen molar-refractivity contribution in [3.63, 3.8) is 0 Å². The third-order valence-electron chi connectivity index (χ3n) is 25.6. The van der Waals surface area contributed by atoms with E-state index in [2.05, 4.69) is 16.0 Å². The number of Topliss-reactive ketones (excluding diaryl/α,β-unsaturated/α-hetero) is 3. The normalized spacial score (nSPS) is 17.1. The third-order valence-corrected chi connectivity index (χ3v) is 27.9. The fourth-order valence-electron chi connectivity index (χ4n) is 17.7. The predicted octanol–water partition coefficient (Wildman–Crippen LogP) is 11.6. The summed E-state index contributed by atoms with van der Waals surface area (Å²) in [5.74, 6) is -7.30. The van der Waals surface area contributed by atoms with Crippen LogP contribution in [0.25, 0.3) is 0 Å². The smallest absolute Gasteiger partial charge is 0.410 e. The van der Waals surface area contributed by atoms with Crippen molar-refractivity contribution < 1.29 is 115 Å². The van der Waals surface area contributed by atoms with Crippen molar-refractivity contribution >= 4 is 112 Å². The number of imide groups is 1. The molecule has 12 atom stereocenters. The Balaban J connectivity index is 0.700. The highest BCUT2D eigenvalue weighted by molar-refractivity contribution is 8.08. The molecule has 34 nitrogen and oxygen atoms in total. The number of aliphatic hydroxyl groups excluding tert-OH is 1. The van der Waals surface area contributed by atoms with E-state index in [1.165, 1.54) is 32.2 Å². The first-order chi connectivity index (χ1) is 66.1. The molecule has 11 amide bonds. The number of carbonyl (C=O) groups excluding carboxylic acids is 13. The van der Waals surface area contributed by atoms with Gasteiger partial charge in [-0.05, 0) is 139 Å². The fraction of sp³-hybridized carbons (Fsp3) is 0.559. The summed E-state index contributed by atoms with van der Waals surface area (Å²) < 4.78 is 57.5. The van der Waals surface area contributed by atoms with Crippen LogP contribution < -0.4 is 36.1 Å². The summed E-state index contributed by atoms with van der Waals surface area (Å²) in [6.07, 6.45) is -1.05.